The van der Waals surface area contributed by atoms with Crippen LogP contribution in [-0.2, 0) is 9.59 Å². The standard InChI is InChI=1S/C20H26N4O2S/c1-14(2)19-18(16-7-5-4-6-8-16)22-20(27-19)21-17(26)13-23-9-11-24(12-10-23)15(3)25/h4-8,14H,9-13H2,1-3H3,(H,21,22,26). The highest BCUT2D eigenvalue weighted by Crippen LogP contribution is 2.36. The van der Waals surface area contributed by atoms with Crippen molar-refractivity contribution in [2.45, 2.75) is 26.7 Å². The number of rotatable bonds is 5. The zero-order valence-electron chi connectivity index (χ0n) is 16.1. The Morgan fingerprint density at radius 2 is 1.81 bits per heavy atom. The van der Waals surface area contributed by atoms with Gasteiger partial charge in [0.25, 0.3) is 0 Å². The predicted octanol–water partition coefficient (Wildman–Crippen LogP) is 3.04. The molecule has 27 heavy (non-hydrogen) atoms. The van der Waals surface area contributed by atoms with Crippen LogP contribution >= 0.6 is 11.3 Å². The number of hydrogen-bond acceptors (Lipinski definition) is 5. The topological polar surface area (TPSA) is 65.5 Å². The van der Waals surface area contributed by atoms with E-state index in [9.17, 15) is 9.59 Å². The number of nitrogens with zero attached hydrogens (tertiary/aromatic N) is 3. The van der Waals surface area contributed by atoms with Gasteiger partial charge in [-0.2, -0.15) is 0 Å². The lowest BCUT2D eigenvalue weighted by Crippen LogP contribution is -2.49. The summed E-state index contributed by atoms with van der Waals surface area (Å²) in [6.45, 7) is 8.98. The van der Waals surface area contributed by atoms with Crippen molar-refractivity contribution in [3.63, 3.8) is 0 Å². The maximum Gasteiger partial charge on any atom is 0.240 e. The Hall–Kier alpha value is -2.25. The summed E-state index contributed by atoms with van der Waals surface area (Å²) in [6, 6.07) is 10.1. The van der Waals surface area contributed by atoms with Gasteiger partial charge in [0, 0.05) is 43.5 Å². The molecule has 7 heteroatoms. The molecule has 2 amide bonds. The van der Waals surface area contributed by atoms with E-state index in [1.54, 1.807) is 18.3 Å². The van der Waals surface area contributed by atoms with Crippen LogP contribution < -0.4 is 5.32 Å². The first-order chi connectivity index (χ1) is 12.9. The summed E-state index contributed by atoms with van der Waals surface area (Å²) >= 11 is 1.54. The molecular weight excluding hydrogens is 360 g/mol. The lowest BCUT2D eigenvalue weighted by atomic mass is 10.1. The Morgan fingerprint density at radius 1 is 1.15 bits per heavy atom. The van der Waals surface area contributed by atoms with E-state index in [0.29, 0.717) is 30.7 Å². The van der Waals surface area contributed by atoms with Crippen LogP contribution in [0.15, 0.2) is 30.3 Å². The molecule has 0 bridgehead atoms. The van der Waals surface area contributed by atoms with Crippen LogP contribution in [0.2, 0.25) is 0 Å². The molecule has 2 aromatic rings. The van der Waals surface area contributed by atoms with Crippen LogP contribution in [0.1, 0.15) is 31.6 Å². The van der Waals surface area contributed by atoms with Crippen molar-refractivity contribution in [3.05, 3.63) is 35.2 Å². The average molecular weight is 387 g/mol. The van der Waals surface area contributed by atoms with Gasteiger partial charge in [0.2, 0.25) is 11.8 Å². The van der Waals surface area contributed by atoms with Crippen molar-refractivity contribution in [1.29, 1.82) is 0 Å². The molecule has 1 aromatic heterocycles. The molecule has 1 aromatic carbocycles. The Balaban J connectivity index is 1.64. The third-order valence-electron chi connectivity index (χ3n) is 4.66. The van der Waals surface area contributed by atoms with Gasteiger partial charge < -0.3 is 10.2 Å². The van der Waals surface area contributed by atoms with Crippen LogP contribution in [0.3, 0.4) is 0 Å². The van der Waals surface area contributed by atoms with Crippen LogP contribution in [0.4, 0.5) is 5.13 Å². The normalized spacial score (nSPS) is 15.2. The maximum absolute atomic E-state index is 12.5. The lowest BCUT2D eigenvalue weighted by Gasteiger charge is -2.33. The first kappa shape index (κ1) is 19.5. The second kappa shape index (κ2) is 8.63. The molecule has 1 aliphatic rings. The maximum atomic E-state index is 12.5. The van der Waals surface area contributed by atoms with Gasteiger partial charge in [-0.15, -0.1) is 11.3 Å². The van der Waals surface area contributed by atoms with Crippen molar-refractivity contribution in [1.82, 2.24) is 14.8 Å². The van der Waals surface area contributed by atoms with Gasteiger partial charge in [-0.25, -0.2) is 4.98 Å². The van der Waals surface area contributed by atoms with Crippen molar-refractivity contribution in [2.75, 3.05) is 38.0 Å². The molecule has 0 spiro atoms. The van der Waals surface area contributed by atoms with E-state index < -0.39 is 0 Å². The second-order valence-electron chi connectivity index (χ2n) is 7.08. The van der Waals surface area contributed by atoms with Crippen LogP contribution in [-0.4, -0.2) is 59.3 Å². The molecule has 0 aliphatic carbocycles. The smallest absolute Gasteiger partial charge is 0.240 e. The summed E-state index contributed by atoms with van der Waals surface area (Å²) < 4.78 is 0. The Labute approximate surface area is 164 Å². The molecule has 6 nitrogen and oxygen atoms in total. The summed E-state index contributed by atoms with van der Waals surface area (Å²) in [4.78, 5) is 33.6. The molecule has 1 aliphatic heterocycles. The highest BCUT2D eigenvalue weighted by molar-refractivity contribution is 7.16. The van der Waals surface area contributed by atoms with Crippen LogP contribution in [0.5, 0.6) is 0 Å². The molecule has 0 saturated carbocycles. The van der Waals surface area contributed by atoms with Gasteiger partial charge in [0.1, 0.15) is 0 Å². The molecule has 3 rings (SSSR count). The molecule has 2 heterocycles. The molecule has 0 atom stereocenters. The van der Waals surface area contributed by atoms with Crippen LogP contribution in [0.25, 0.3) is 11.3 Å². The zero-order chi connectivity index (χ0) is 19.4. The van der Waals surface area contributed by atoms with Gasteiger partial charge in [-0.05, 0) is 5.92 Å². The Kier molecular flexibility index (Phi) is 6.23. The minimum Gasteiger partial charge on any atom is -0.340 e. The fourth-order valence-electron chi connectivity index (χ4n) is 3.16. The number of carbonyl (C=O) groups is 2. The van der Waals surface area contributed by atoms with E-state index >= 15 is 0 Å². The molecule has 1 fully saturated rings. The number of hydrogen-bond donors (Lipinski definition) is 1. The van der Waals surface area contributed by atoms with E-state index in [0.717, 1.165) is 24.3 Å². The molecule has 1 saturated heterocycles. The first-order valence-electron chi connectivity index (χ1n) is 9.28. The quantitative estimate of drug-likeness (QED) is 0.858. The van der Waals surface area contributed by atoms with E-state index in [1.807, 2.05) is 35.2 Å². The fraction of sp³-hybridized carbons (Fsp3) is 0.450. The van der Waals surface area contributed by atoms with Gasteiger partial charge in [0.15, 0.2) is 5.13 Å². The molecule has 1 N–H and O–H groups in total. The molecule has 144 valence electrons. The lowest BCUT2D eigenvalue weighted by molar-refractivity contribution is -0.130. The van der Waals surface area contributed by atoms with Gasteiger partial charge >= 0.3 is 0 Å². The minimum absolute atomic E-state index is 0.0602. The number of amides is 2. The van der Waals surface area contributed by atoms with E-state index in [1.165, 1.54) is 4.88 Å². The number of piperazine rings is 1. The highest BCUT2D eigenvalue weighted by Gasteiger charge is 2.21. The largest absolute Gasteiger partial charge is 0.340 e. The van der Waals surface area contributed by atoms with Gasteiger partial charge in [0.05, 0.1) is 12.2 Å². The SMILES string of the molecule is CC(=O)N1CCN(CC(=O)Nc2nc(-c3ccccc3)c(C(C)C)s2)CC1. The van der Waals surface area contributed by atoms with Gasteiger partial charge in [-0.3, -0.25) is 14.5 Å². The number of aromatic nitrogens is 1. The van der Waals surface area contributed by atoms with Crippen molar-refractivity contribution in [2.24, 2.45) is 0 Å². The fourth-order valence-corrected chi connectivity index (χ4v) is 4.17. The number of benzene rings is 1. The third kappa shape index (κ3) is 4.93. The number of carbonyl (C=O) groups excluding carboxylic acids is 2. The number of thiazole rings is 1. The van der Waals surface area contributed by atoms with Gasteiger partial charge in [-0.1, -0.05) is 44.2 Å². The monoisotopic (exact) mass is 386 g/mol. The summed E-state index contributed by atoms with van der Waals surface area (Å²) in [5.74, 6) is 0.370. The Bertz CT molecular complexity index is 796. The molecule has 0 unspecified atom stereocenters. The highest BCUT2D eigenvalue weighted by atomic mass is 32.1. The summed E-state index contributed by atoms with van der Waals surface area (Å²) in [7, 11) is 0. The third-order valence-corrected chi connectivity index (χ3v) is 5.93. The first-order valence-corrected chi connectivity index (χ1v) is 10.1. The van der Waals surface area contributed by atoms with E-state index in [4.69, 9.17) is 0 Å². The summed E-state index contributed by atoms with van der Waals surface area (Å²) in [5.41, 5.74) is 2.01. The Morgan fingerprint density at radius 3 is 2.41 bits per heavy atom. The van der Waals surface area contributed by atoms with Crippen molar-refractivity contribution < 1.29 is 9.59 Å². The summed E-state index contributed by atoms with van der Waals surface area (Å²) in [5, 5.41) is 3.60. The zero-order valence-corrected chi connectivity index (χ0v) is 16.9. The van der Waals surface area contributed by atoms with E-state index in [2.05, 4.69) is 29.0 Å². The van der Waals surface area contributed by atoms with Crippen molar-refractivity contribution >= 4 is 28.3 Å². The number of nitrogens with one attached hydrogen (secondary N) is 1. The average Bonchev–Trinajstić information content (AvgIpc) is 3.07. The minimum atomic E-state index is -0.0602. The van der Waals surface area contributed by atoms with Crippen molar-refractivity contribution in [3.8, 4) is 11.3 Å². The van der Waals surface area contributed by atoms with Crippen LogP contribution in [0, 0.1) is 0 Å². The van der Waals surface area contributed by atoms with E-state index in [-0.39, 0.29) is 11.8 Å². The predicted molar refractivity (Wildman–Crippen MR) is 109 cm³/mol. The summed E-state index contributed by atoms with van der Waals surface area (Å²) in [6.07, 6.45) is 0. The molecule has 0 radical (unpaired) electrons. The number of anilines is 1. The second-order valence-corrected chi connectivity index (χ2v) is 8.11. The molecular formula is C20H26N4O2S.